The molecule has 0 radical (unpaired) electrons. The Hall–Kier alpha value is -1.39. The number of ether oxygens (including phenoxy) is 1. The van der Waals surface area contributed by atoms with Crippen LogP contribution in [0.25, 0.3) is 11.4 Å². The molecule has 2 bridgehead atoms. The van der Waals surface area contributed by atoms with Crippen LogP contribution in [0.3, 0.4) is 0 Å². The first-order chi connectivity index (χ1) is 9.33. The quantitative estimate of drug-likeness (QED) is 0.845. The maximum atomic E-state index is 6.25. The number of hydrogen-bond donors (Lipinski definition) is 0. The van der Waals surface area contributed by atoms with E-state index in [1.807, 2.05) is 34.9 Å². The van der Waals surface area contributed by atoms with Crippen molar-refractivity contribution in [2.24, 2.45) is 0 Å². The van der Waals surface area contributed by atoms with Gasteiger partial charge in [-0.1, -0.05) is 30.3 Å². The van der Waals surface area contributed by atoms with E-state index in [4.69, 9.17) is 16.3 Å². The summed E-state index contributed by atoms with van der Waals surface area (Å²) in [6, 6.07) is 10.3. The predicted octanol–water partition coefficient (Wildman–Crippen LogP) is 3.09. The molecule has 2 aliphatic rings. The van der Waals surface area contributed by atoms with Crippen molar-refractivity contribution in [3.8, 4) is 11.4 Å². The maximum Gasteiger partial charge on any atom is 0.225 e. The standard InChI is InChI=1S/C14H14ClN3O/c15-14-17-16-13(9-4-2-1-3-5-9)18(14)11-8-10-6-7-12(11)19-10/h1-5,10-12H,6-8H2. The van der Waals surface area contributed by atoms with E-state index in [1.54, 1.807) is 0 Å². The number of aromatic nitrogens is 3. The van der Waals surface area contributed by atoms with E-state index in [0.717, 1.165) is 24.2 Å². The maximum absolute atomic E-state index is 6.25. The zero-order valence-electron chi connectivity index (χ0n) is 10.4. The van der Waals surface area contributed by atoms with Gasteiger partial charge in [0, 0.05) is 5.56 Å². The molecular weight excluding hydrogens is 262 g/mol. The molecule has 3 heterocycles. The van der Waals surface area contributed by atoms with Gasteiger partial charge >= 0.3 is 0 Å². The number of rotatable bonds is 2. The summed E-state index contributed by atoms with van der Waals surface area (Å²) < 4.78 is 7.96. The van der Waals surface area contributed by atoms with Gasteiger partial charge in [0.1, 0.15) is 0 Å². The summed E-state index contributed by atoms with van der Waals surface area (Å²) in [5.41, 5.74) is 1.05. The molecule has 0 amide bonds. The van der Waals surface area contributed by atoms with Gasteiger partial charge in [-0.15, -0.1) is 10.2 Å². The normalized spacial score (nSPS) is 29.0. The number of benzene rings is 1. The van der Waals surface area contributed by atoms with Crippen molar-refractivity contribution < 1.29 is 4.74 Å². The van der Waals surface area contributed by atoms with Crippen LogP contribution >= 0.6 is 11.6 Å². The van der Waals surface area contributed by atoms with Crippen LogP contribution in [0, 0.1) is 0 Å². The Kier molecular flexibility index (Phi) is 2.60. The monoisotopic (exact) mass is 275 g/mol. The Morgan fingerprint density at radius 2 is 2.00 bits per heavy atom. The summed E-state index contributed by atoms with van der Waals surface area (Å²) in [6.07, 6.45) is 3.94. The van der Waals surface area contributed by atoms with Crippen LogP contribution < -0.4 is 0 Å². The van der Waals surface area contributed by atoms with E-state index in [0.29, 0.717) is 11.4 Å². The Bertz CT molecular complexity index is 598. The van der Waals surface area contributed by atoms with Crippen LogP contribution in [0.2, 0.25) is 5.28 Å². The lowest BCUT2D eigenvalue weighted by molar-refractivity contribution is 0.0940. The fourth-order valence-electron chi connectivity index (χ4n) is 3.23. The molecule has 0 spiro atoms. The van der Waals surface area contributed by atoms with Gasteiger partial charge in [0.2, 0.25) is 5.28 Å². The molecule has 98 valence electrons. The minimum atomic E-state index is 0.265. The van der Waals surface area contributed by atoms with Gasteiger partial charge in [-0.2, -0.15) is 0 Å². The van der Waals surface area contributed by atoms with Crippen LogP contribution in [0.1, 0.15) is 25.3 Å². The number of hydrogen-bond acceptors (Lipinski definition) is 3. The van der Waals surface area contributed by atoms with E-state index in [-0.39, 0.29) is 12.1 Å². The molecule has 5 heteroatoms. The first kappa shape index (κ1) is 11.4. The molecule has 2 saturated heterocycles. The molecule has 2 aromatic rings. The molecule has 19 heavy (non-hydrogen) atoms. The number of fused-ring (bicyclic) bond motifs is 2. The molecule has 0 saturated carbocycles. The van der Waals surface area contributed by atoms with Gasteiger partial charge in [0.05, 0.1) is 18.2 Å². The Labute approximate surface area is 116 Å². The first-order valence-electron chi connectivity index (χ1n) is 6.64. The molecule has 2 aliphatic heterocycles. The van der Waals surface area contributed by atoms with Crippen molar-refractivity contribution in [3.63, 3.8) is 0 Å². The van der Waals surface area contributed by atoms with Gasteiger partial charge in [0.25, 0.3) is 0 Å². The van der Waals surface area contributed by atoms with Crippen molar-refractivity contribution in [2.75, 3.05) is 0 Å². The smallest absolute Gasteiger partial charge is 0.225 e. The lowest BCUT2D eigenvalue weighted by atomic mass is 9.95. The third-order valence-electron chi connectivity index (χ3n) is 4.09. The fraction of sp³-hybridized carbons (Fsp3) is 0.429. The van der Waals surface area contributed by atoms with Crippen molar-refractivity contribution in [1.82, 2.24) is 14.8 Å². The van der Waals surface area contributed by atoms with Gasteiger partial charge in [-0.25, -0.2) is 0 Å². The van der Waals surface area contributed by atoms with E-state index in [2.05, 4.69) is 10.2 Å². The summed E-state index contributed by atoms with van der Waals surface area (Å²) in [5, 5.41) is 8.74. The highest BCUT2D eigenvalue weighted by atomic mass is 35.5. The van der Waals surface area contributed by atoms with Gasteiger partial charge in [0.15, 0.2) is 5.82 Å². The molecule has 3 unspecified atom stereocenters. The minimum absolute atomic E-state index is 0.265. The van der Waals surface area contributed by atoms with E-state index >= 15 is 0 Å². The summed E-state index contributed by atoms with van der Waals surface area (Å²) >= 11 is 6.25. The molecule has 3 atom stereocenters. The summed E-state index contributed by atoms with van der Waals surface area (Å²) in [5.74, 6) is 0.840. The predicted molar refractivity (Wildman–Crippen MR) is 72.0 cm³/mol. The Morgan fingerprint density at radius 3 is 2.68 bits per heavy atom. The largest absolute Gasteiger partial charge is 0.373 e. The molecule has 2 fully saturated rings. The van der Waals surface area contributed by atoms with Crippen LogP contribution in [0.4, 0.5) is 0 Å². The molecule has 4 rings (SSSR count). The summed E-state index contributed by atoms with van der Waals surface area (Å²) in [6.45, 7) is 0. The van der Waals surface area contributed by atoms with Gasteiger partial charge in [-0.05, 0) is 30.9 Å². The second-order valence-electron chi connectivity index (χ2n) is 5.21. The summed E-state index contributed by atoms with van der Waals surface area (Å²) in [4.78, 5) is 0. The van der Waals surface area contributed by atoms with E-state index < -0.39 is 0 Å². The number of halogens is 1. The molecular formula is C14H14ClN3O. The lowest BCUT2D eigenvalue weighted by Crippen LogP contribution is -2.21. The van der Waals surface area contributed by atoms with E-state index in [9.17, 15) is 0 Å². The van der Waals surface area contributed by atoms with Crippen molar-refractivity contribution in [2.45, 2.75) is 37.5 Å². The first-order valence-corrected chi connectivity index (χ1v) is 7.02. The lowest BCUT2D eigenvalue weighted by Gasteiger charge is -2.22. The average molecular weight is 276 g/mol. The van der Waals surface area contributed by atoms with Crippen LogP contribution in [-0.4, -0.2) is 27.0 Å². The van der Waals surface area contributed by atoms with Crippen molar-refractivity contribution in [3.05, 3.63) is 35.6 Å². The van der Waals surface area contributed by atoms with Crippen LogP contribution in [0.15, 0.2) is 30.3 Å². The Morgan fingerprint density at radius 1 is 1.16 bits per heavy atom. The molecule has 0 aliphatic carbocycles. The van der Waals surface area contributed by atoms with Gasteiger partial charge in [-0.3, -0.25) is 4.57 Å². The minimum Gasteiger partial charge on any atom is -0.373 e. The van der Waals surface area contributed by atoms with E-state index in [1.165, 1.54) is 6.42 Å². The Balaban J connectivity index is 1.78. The molecule has 1 aromatic carbocycles. The highest BCUT2D eigenvalue weighted by Gasteiger charge is 2.43. The second kappa shape index (κ2) is 4.32. The highest BCUT2D eigenvalue weighted by molar-refractivity contribution is 6.28. The second-order valence-corrected chi connectivity index (χ2v) is 5.54. The molecule has 0 N–H and O–H groups in total. The third kappa shape index (κ3) is 1.78. The SMILES string of the molecule is Clc1nnc(-c2ccccc2)n1C1CC2CCC1O2. The van der Waals surface area contributed by atoms with Crippen LogP contribution in [0.5, 0.6) is 0 Å². The van der Waals surface area contributed by atoms with Crippen LogP contribution in [-0.2, 0) is 4.74 Å². The highest BCUT2D eigenvalue weighted by Crippen LogP contribution is 2.44. The van der Waals surface area contributed by atoms with Crippen molar-refractivity contribution in [1.29, 1.82) is 0 Å². The average Bonchev–Trinajstić information content (AvgIpc) is 3.14. The summed E-state index contributed by atoms with van der Waals surface area (Å²) in [7, 11) is 0. The molecule has 4 nitrogen and oxygen atoms in total. The number of nitrogens with zero attached hydrogens (tertiary/aromatic N) is 3. The zero-order valence-corrected chi connectivity index (χ0v) is 11.1. The van der Waals surface area contributed by atoms with Crippen molar-refractivity contribution >= 4 is 11.6 Å². The topological polar surface area (TPSA) is 39.9 Å². The fourth-order valence-corrected chi connectivity index (χ4v) is 3.48. The van der Waals surface area contributed by atoms with Gasteiger partial charge < -0.3 is 4.74 Å². The third-order valence-corrected chi connectivity index (χ3v) is 4.35. The zero-order chi connectivity index (χ0) is 12.8. The molecule has 1 aromatic heterocycles.